The van der Waals surface area contributed by atoms with E-state index in [1.807, 2.05) is 58.8 Å². The second-order valence-electron chi connectivity index (χ2n) is 6.67. The number of carbonyl (C=O) groups is 2. The molecule has 1 aliphatic heterocycles. The molecule has 0 radical (unpaired) electrons. The highest BCUT2D eigenvalue weighted by Gasteiger charge is 2.37. The summed E-state index contributed by atoms with van der Waals surface area (Å²) >= 11 is 9.01. The van der Waals surface area contributed by atoms with Crippen molar-refractivity contribution in [1.82, 2.24) is 10.2 Å². The van der Waals surface area contributed by atoms with E-state index in [4.69, 9.17) is 11.6 Å². The molecular weight excluding hydrogens is 424 g/mol. The van der Waals surface area contributed by atoms with E-state index >= 15 is 0 Å². The molecule has 1 aliphatic rings. The van der Waals surface area contributed by atoms with Crippen LogP contribution >= 0.6 is 34.7 Å². The molecule has 0 unspecified atom stereocenters. The zero-order valence-electron chi connectivity index (χ0n) is 15.5. The normalized spacial score (nSPS) is 15.4. The molecule has 3 aromatic rings. The highest BCUT2D eigenvalue weighted by molar-refractivity contribution is 8.00. The molecule has 0 spiro atoms. The minimum absolute atomic E-state index is 0.0214. The molecule has 0 aliphatic carbocycles. The van der Waals surface area contributed by atoms with Crippen LogP contribution in [-0.2, 0) is 17.9 Å². The number of nitrogens with one attached hydrogen (secondary N) is 1. The molecule has 0 saturated heterocycles. The van der Waals surface area contributed by atoms with E-state index < -0.39 is 0 Å². The summed E-state index contributed by atoms with van der Waals surface area (Å²) in [7, 11) is 0. The molecule has 2 heterocycles. The summed E-state index contributed by atoms with van der Waals surface area (Å²) in [5.74, 6) is 0.242. The topological polar surface area (TPSA) is 49.4 Å². The van der Waals surface area contributed by atoms with Crippen LogP contribution in [0.2, 0.25) is 5.02 Å². The van der Waals surface area contributed by atoms with E-state index in [0.717, 1.165) is 21.6 Å². The Kier molecular flexibility index (Phi) is 6.23. The third kappa shape index (κ3) is 4.66. The summed E-state index contributed by atoms with van der Waals surface area (Å²) in [6, 6.07) is 19.1. The summed E-state index contributed by atoms with van der Waals surface area (Å²) in [5, 5.41) is 5.45. The van der Waals surface area contributed by atoms with Gasteiger partial charge >= 0.3 is 0 Å². The van der Waals surface area contributed by atoms with Gasteiger partial charge in [-0.25, -0.2) is 0 Å². The fourth-order valence-electron chi connectivity index (χ4n) is 3.25. The van der Waals surface area contributed by atoms with E-state index in [-0.39, 0.29) is 22.9 Å². The molecular formula is C22H19ClN2O2S2. The molecule has 2 amide bonds. The van der Waals surface area contributed by atoms with Crippen LogP contribution in [0.5, 0.6) is 0 Å². The number of thioether (sulfide) groups is 1. The number of amides is 2. The third-order valence-electron chi connectivity index (χ3n) is 4.68. The summed E-state index contributed by atoms with van der Waals surface area (Å²) in [4.78, 5) is 28.3. The molecule has 29 heavy (non-hydrogen) atoms. The highest BCUT2D eigenvalue weighted by Crippen LogP contribution is 2.42. The van der Waals surface area contributed by atoms with E-state index in [9.17, 15) is 9.59 Å². The van der Waals surface area contributed by atoms with E-state index in [1.165, 1.54) is 11.8 Å². The number of halogens is 1. The monoisotopic (exact) mass is 442 g/mol. The van der Waals surface area contributed by atoms with Crippen molar-refractivity contribution in [3.8, 4) is 0 Å². The molecule has 0 saturated carbocycles. The van der Waals surface area contributed by atoms with Gasteiger partial charge < -0.3 is 10.2 Å². The number of carbonyl (C=O) groups excluding carboxylic acids is 2. The van der Waals surface area contributed by atoms with Gasteiger partial charge in [-0.3, -0.25) is 9.59 Å². The van der Waals surface area contributed by atoms with Crippen molar-refractivity contribution in [2.75, 3.05) is 5.75 Å². The minimum Gasteiger partial charge on any atom is -0.351 e. The lowest BCUT2D eigenvalue weighted by Gasteiger charge is -2.24. The van der Waals surface area contributed by atoms with Crippen LogP contribution in [-0.4, -0.2) is 22.5 Å². The number of benzene rings is 2. The Morgan fingerprint density at radius 3 is 2.66 bits per heavy atom. The number of fused-ring (bicyclic) bond motifs is 1. The number of thiophene rings is 1. The summed E-state index contributed by atoms with van der Waals surface area (Å²) < 4.78 is 0. The number of rotatable bonds is 7. The lowest BCUT2D eigenvalue weighted by molar-refractivity contribution is -0.118. The van der Waals surface area contributed by atoms with Crippen molar-refractivity contribution in [2.45, 2.75) is 18.5 Å². The predicted molar refractivity (Wildman–Crippen MR) is 119 cm³/mol. The average Bonchev–Trinajstić information content (AvgIpc) is 3.34. The van der Waals surface area contributed by atoms with Gasteiger partial charge in [0.15, 0.2) is 0 Å². The van der Waals surface area contributed by atoms with Crippen molar-refractivity contribution in [2.24, 2.45) is 0 Å². The Balaban J connectivity index is 1.41. The molecule has 7 heteroatoms. The highest BCUT2D eigenvalue weighted by atomic mass is 35.5. The van der Waals surface area contributed by atoms with Crippen LogP contribution < -0.4 is 5.32 Å². The van der Waals surface area contributed by atoms with Gasteiger partial charge in [0.2, 0.25) is 5.91 Å². The predicted octanol–water partition coefficient (Wildman–Crippen LogP) is 5.11. The molecule has 1 N–H and O–H groups in total. The van der Waals surface area contributed by atoms with Crippen LogP contribution in [0.4, 0.5) is 0 Å². The molecule has 148 valence electrons. The largest absolute Gasteiger partial charge is 0.351 e. The average molecular weight is 443 g/mol. The second-order valence-corrected chi connectivity index (χ2v) is 9.20. The van der Waals surface area contributed by atoms with Crippen molar-refractivity contribution in [3.05, 3.63) is 92.6 Å². The summed E-state index contributed by atoms with van der Waals surface area (Å²) in [6.45, 7) is 1.00. The molecule has 1 atom stereocenters. The maximum absolute atomic E-state index is 12.9. The van der Waals surface area contributed by atoms with Crippen molar-refractivity contribution < 1.29 is 9.59 Å². The van der Waals surface area contributed by atoms with E-state index in [2.05, 4.69) is 5.32 Å². The Morgan fingerprint density at radius 2 is 1.90 bits per heavy atom. The second kappa shape index (κ2) is 9.03. The van der Waals surface area contributed by atoms with Crippen LogP contribution in [0.15, 0.2) is 66.0 Å². The standard InChI is InChI=1S/C22H19ClN2O2S2/c23-16-9-7-15(8-10-16)12-24-20(26)14-29-22-19-6-2-1-5-18(19)21(27)25(22)13-17-4-3-11-28-17/h1-11,22H,12-14H2,(H,24,26)/t22-/m0/s1. The Hall–Kier alpha value is -2.28. The van der Waals surface area contributed by atoms with Gasteiger partial charge in [0.05, 0.1) is 12.3 Å². The Labute approximate surface area is 182 Å². The zero-order chi connectivity index (χ0) is 20.2. The van der Waals surface area contributed by atoms with Gasteiger partial charge in [0.25, 0.3) is 5.91 Å². The Bertz CT molecular complexity index is 1010. The first-order chi connectivity index (χ1) is 14.1. The van der Waals surface area contributed by atoms with Gasteiger partial charge in [-0.2, -0.15) is 0 Å². The number of nitrogens with zero attached hydrogens (tertiary/aromatic N) is 1. The number of hydrogen-bond acceptors (Lipinski definition) is 4. The lowest BCUT2D eigenvalue weighted by atomic mass is 10.1. The van der Waals surface area contributed by atoms with Gasteiger partial charge in [0, 0.05) is 22.0 Å². The first-order valence-electron chi connectivity index (χ1n) is 9.17. The Morgan fingerprint density at radius 1 is 1.10 bits per heavy atom. The molecule has 4 rings (SSSR count). The molecule has 2 aromatic carbocycles. The molecule has 0 bridgehead atoms. The smallest absolute Gasteiger partial charge is 0.255 e. The maximum Gasteiger partial charge on any atom is 0.255 e. The third-order valence-corrected chi connectivity index (χ3v) is 7.05. The molecule has 1 aromatic heterocycles. The van der Waals surface area contributed by atoms with Crippen LogP contribution in [0.25, 0.3) is 0 Å². The summed E-state index contributed by atoms with van der Waals surface area (Å²) in [6.07, 6.45) is 0. The van der Waals surface area contributed by atoms with E-state index in [0.29, 0.717) is 18.1 Å². The van der Waals surface area contributed by atoms with Gasteiger partial charge in [-0.1, -0.05) is 48.0 Å². The van der Waals surface area contributed by atoms with Crippen molar-refractivity contribution in [1.29, 1.82) is 0 Å². The number of hydrogen-bond donors (Lipinski definition) is 1. The van der Waals surface area contributed by atoms with Gasteiger partial charge in [0.1, 0.15) is 5.37 Å². The summed E-state index contributed by atoms with van der Waals surface area (Å²) in [5.41, 5.74) is 2.70. The van der Waals surface area contributed by atoms with Gasteiger partial charge in [-0.05, 0) is 40.8 Å². The van der Waals surface area contributed by atoms with Crippen molar-refractivity contribution in [3.63, 3.8) is 0 Å². The first-order valence-corrected chi connectivity index (χ1v) is 11.5. The van der Waals surface area contributed by atoms with Crippen molar-refractivity contribution >= 4 is 46.5 Å². The van der Waals surface area contributed by atoms with Crippen LogP contribution in [0, 0.1) is 0 Å². The quantitative estimate of drug-likeness (QED) is 0.553. The van der Waals surface area contributed by atoms with E-state index in [1.54, 1.807) is 23.5 Å². The fourth-order valence-corrected chi connectivity index (χ4v) is 5.22. The molecule has 4 nitrogen and oxygen atoms in total. The molecule has 0 fully saturated rings. The van der Waals surface area contributed by atoms with Crippen LogP contribution in [0.1, 0.15) is 31.7 Å². The fraction of sp³-hybridized carbons (Fsp3) is 0.182. The zero-order valence-corrected chi connectivity index (χ0v) is 17.9. The first kappa shape index (κ1) is 20.0. The lowest BCUT2D eigenvalue weighted by Crippen LogP contribution is -2.28. The SMILES string of the molecule is O=C(CS[C@H]1c2ccccc2C(=O)N1Cc1cccs1)NCc1ccc(Cl)cc1. The van der Waals surface area contributed by atoms with Gasteiger partial charge in [-0.15, -0.1) is 23.1 Å². The minimum atomic E-state index is -0.165. The maximum atomic E-state index is 12.9. The van der Waals surface area contributed by atoms with Crippen LogP contribution in [0.3, 0.4) is 0 Å².